The first kappa shape index (κ1) is 6.43. The van der Waals surface area contributed by atoms with Crippen molar-refractivity contribution in [2.24, 2.45) is 0 Å². The summed E-state index contributed by atoms with van der Waals surface area (Å²) in [5, 5.41) is 0. The molecule has 0 radical (unpaired) electrons. The Bertz CT molecular complexity index is 52.8. The van der Waals surface area contributed by atoms with Crippen LogP contribution in [0.25, 0.3) is 0 Å². The van der Waals surface area contributed by atoms with E-state index in [9.17, 15) is 3.32 Å². The molecule has 0 aliphatic carbocycles. The first-order valence-corrected chi connectivity index (χ1v) is 3.60. The van der Waals surface area contributed by atoms with E-state index in [0.717, 1.165) is 0 Å². The van der Waals surface area contributed by atoms with Crippen LogP contribution in [-0.4, -0.2) is 10.3 Å². The maximum atomic E-state index is 9.63. The molecule has 0 unspecified atom stereocenters. The SMILES string of the molecule is CC[O][Ti](=[O])[OH]. The van der Waals surface area contributed by atoms with Crippen LogP contribution in [0.1, 0.15) is 6.92 Å². The summed E-state index contributed by atoms with van der Waals surface area (Å²) < 4.78 is 21.8. The van der Waals surface area contributed by atoms with Gasteiger partial charge >= 0.3 is 42.5 Å². The van der Waals surface area contributed by atoms with Crippen LogP contribution in [0.5, 0.6) is 0 Å². The van der Waals surface area contributed by atoms with E-state index in [1.165, 1.54) is 0 Å². The monoisotopic (exact) mass is 126 g/mol. The third-order valence-corrected chi connectivity index (χ3v) is 1.10. The molecule has 0 saturated heterocycles. The first-order chi connectivity index (χ1) is 2.77. The Morgan fingerprint density at radius 1 is 2.00 bits per heavy atom. The molecule has 6 heavy (non-hydrogen) atoms. The molecular weight excluding hydrogens is 120 g/mol. The summed E-state index contributed by atoms with van der Waals surface area (Å²) in [7, 11) is 0. The van der Waals surface area contributed by atoms with E-state index >= 15 is 0 Å². The zero-order valence-electron chi connectivity index (χ0n) is 3.47. The van der Waals surface area contributed by atoms with Crippen LogP contribution in [0.2, 0.25) is 0 Å². The van der Waals surface area contributed by atoms with E-state index in [1.54, 1.807) is 6.92 Å². The van der Waals surface area contributed by atoms with Gasteiger partial charge in [0.2, 0.25) is 0 Å². The van der Waals surface area contributed by atoms with Crippen molar-refractivity contribution in [1.29, 1.82) is 0 Å². The van der Waals surface area contributed by atoms with Crippen LogP contribution < -0.4 is 0 Å². The molecule has 0 aliphatic heterocycles. The molecule has 0 amide bonds. The van der Waals surface area contributed by atoms with Gasteiger partial charge in [-0.15, -0.1) is 0 Å². The zero-order chi connectivity index (χ0) is 4.99. The van der Waals surface area contributed by atoms with Gasteiger partial charge in [-0.1, -0.05) is 0 Å². The molecule has 0 aliphatic rings. The minimum atomic E-state index is -3.13. The predicted octanol–water partition coefficient (Wildman–Crippen LogP) is -0.191. The van der Waals surface area contributed by atoms with E-state index in [0.29, 0.717) is 6.61 Å². The van der Waals surface area contributed by atoms with Crippen molar-refractivity contribution in [1.82, 2.24) is 0 Å². The molecule has 0 atom stereocenters. The Labute approximate surface area is 43.0 Å². The van der Waals surface area contributed by atoms with Crippen molar-refractivity contribution in [2.45, 2.75) is 6.92 Å². The van der Waals surface area contributed by atoms with Crippen LogP contribution >= 0.6 is 0 Å². The standard InChI is InChI=1S/C2H5O.H2O.O.Ti/c1-2-3;;;/h2H2,1H3;1H2;;/q-1;;;+2/p-1. The quantitative estimate of drug-likeness (QED) is 0.521. The Morgan fingerprint density at radius 2 is 2.50 bits per heavy atom. The van der Waals surface area contributed by atoms with Crippen LogP contribution in [0.15, 0.2) is 0 Å². The fourth-order valence-corrected chi connectivity index (χ4v) is 0.509. The molecule has 0 heterocycles. The molecule has 0 spiro atoms. The minimum absolute atomic E-state index is 0.343. The predicted molar refractivity (Wildman–Crippen MR) is 14.5 cm³/mol. The summed E-state index contributed by atoms with van der Waals surface area (Å²) >= 11 is -3.13. The molecular formula is C2H6O3Ti. The second-order valence-electron chi connectivity index (χ2n) is 0.699. The Balaban J connectivity index is 2.83. The van der Waals surface area contributed by atoms with Crippen molar-refractivity contribution in [3.63, 3.8) is 0 Å². The van der Waals surface area contributed by atoms with E-state index in [4.69, 9.17) is 3.69 Å². The van der Waals surface area contributed by atoms with E-state index in [1.807, 2.05) is 0 Å². The summed E-state index contributed by atoms with van der Waals surface area (Å²) in [6.07, 6.45) is 0. The van der Waals surface area contributed by atoms with Gasteiger partial charge in [-0.25, -0.2) is 0 Å². The Kier molecular flexibility index (Phi) is 3.88. The summed E-state index contributed by atoms with van der Waals surface area (Å²) in [5.74, 6) is 0. The second-order valence-corrected chi connectivity index (χ2v) is 1.98. The summed E-state index contributed by atoms with van der Waals surface area (Å²) in [4.78, 5) is 0. The molecule has 0 aromatic rings. The van der Waals surface area contributed by atoms with Gasteiger partial charge in [0.15, 0.2) is 0 Å². The van der Waals surface area contributed by atoms with Gasteiger partial charge in [-0.05, 0) is 0 Å². The molecule has 0 rings (SSSR count). The van der Waals surface area contributed by atoms with Gasteiger partial charge in [0.1, 0.15) is 0 Å². The van der Waals surface area contributed by atoms with Gasteiger partial charge in [0.05, 0.1) is 0 Å². The van der Waals surface area contributed by atoms with Crippen LogP contribution in [0.3, 0.4) is 0 Å². The van der Waals surface area contributed by atoms with E-state index < -0.39 is 18.6 Å². The Hall–Kier alpha value is 0.434. The molecule has 36 valence electrons. The van der Waals surface area contributed by atoms with Gasteiger partial charge in [0.25, 0.3) is 0 Å². The summed E-state index contributed by atoms with van der Waals surface area (Å²) in [6.45, 7) is 2.02. The first-order valence-electron chi connectivity index (χ1n) is 1.63. The van der Waals surface area contributed by atoms with Gasteiger partial charge in [0, 0.05) is 0 Å². The third-order valence-electron chi connectivity index (χ3n) is 0.268. The average Bonchev–Trinajstić information content (AvgIpc) is 1.35. The fourth-order valence-electron chi connectivity index (χ4n) is 0.123. The number of rotatable bonds is 2. The third kappa shape index (κ3) is 4.43. The van der Waals surface area contributed by atoms with Gasteiger partial charge in [-0.2, -0.15) is 0 Å². The second kappa shape index (κ2) is 3.62. The van der Waals surface area contributed by atoms with Crippen molar-refractivity contribution < 1.29 is 28.9 Å². The molecule has 4 heteroatoms. The van der Waals surface area contributed by atoms with Crippen LogP contribution in [-0.2, 0) is 25.3 Å². The van der Waals surface area contributed by atoms with Crippen molar-refractivity contribution in [3.05, 3.63) is 0 Å². The number of hydrogen-bond acceptors (Lipinski definition) is 2. The molecule has 0 saturated carbocycles. The number of hydrogen-bond donors (Lipinski definition) is 1. The molecule has 0 aromatic carbocycles. The van der Waals surface area contributed by atoms with E-state index in [-0.39, 0.29) is 0 Å². The van der Waals surface area contributed by atoms with Crippen LogP contribution in [0.4, 0.5) is 0 Å². The normalized spacial score (nSPS) is 8.33. The summed E-state index contributed by atoms with van der Waals surface area (Å²) in [5.41, 5.74) is 0. The molecule has 0 fully saturated rings. The van der Waals surface area contributed by atoms with Crippen LogP contribution in [0, 0.1) is 0 Å². The van der Waals surface area contributed by atoms with Gasteiger partial charge in [-0.3, -0.25) is 0 Å². The van der Waals surface area contributed by atoms with Gasteiger partial charge < -0.3 is 0 Å². The summed E-state index contributed by atoms with van der Waals surface area (Å²) in [6, 6.07) is 0. The van der Waals surface area contributed by atoms with E-state index in [2.05, 4.69) is 3.32 Å². The Morgan fingerprint density at radius 3 is 2.50 bits per heavy atom. The molecule has 3 nitrogen and oxygen atoms in total. The molecule has 1 N–H and O–H groups in total. The molecule has 0 bridgehead atoms. The molecule has 0 aromatic heterocycles. The average molecular weight is 126 g/mol. The fraction of sp³-hybridized carbons (Fsp3) is 1.00. The zero-order valence-corrected chi connectivity index (χ0v) is 5.03. The maximum absolute atomic E-state index is 9.63. The topological polar surface area (TPSA) is 46.5 Å². The van der Waals surface area contributed by atoms with Crippen molar-refractivity contribution in [3.8, 4) is 0 Å². The van der Waals surface area contributed by atoms with Crippen molar-refractivity contribution >= 4 is 0 Å². The van der Waals surface area contributed by atoms with Crippen molar-refractivity contribution in [2.75, 3.05) is 6.61 Å².